The monoisotopic (exact) mass is 238 g/mol. The number of H-pyrrole nitrogens is 1. The molecule has 0 aliphatic carbocycles. The number of hydrogen-bond acceptors (Lipinski definition) is 2. The van der Waals surface area contributed by atoms with Gasteiger partial charge in [0.1, 0.15) is 0 Å². The molecule has 0 unspecified atom stereocenters. The Kier molecular flexibility index (Phi) is 4.08. The number of hydrogen-bond donors (Lipinski definition) is 1. The standard InChI is InChI=1S/C11H10N2O2.ClH/c1-12-11(14)15-9-6-2-4-8-5-3-7-13-10(8)9;/h2-7H,1H3,(H,12,14);1H. The lowest BCUT2D eigenvalue weighted by molar-refractivity contribution is -0.345. The number of pyridine rings is 1. The van der Waals surface area contributed by atoms with Crippen molar-refractivity contribution in [3.05, 3.63) is 36.5 Å². The zero-order chi connectivity index (χ0) is 10.7. The first-order chi connectivity index (χ1) is 7.31. The SMILES string of the molecule is CNC(=O)Oc1cccc2ccc[nH+]c12.[Cl-]. The van der Waals surface area contributed by atoms with Gasteiger partial charge in [0, 0.05) is 13.1 Å². The van der Waals surface area contributed by atoms with Gasteiger partial charge in [0.15, 0.2) is 6.20 Å². The quantitative estimate of drug-likeness (QED) is 0.649. The lowest BCUT2D eigenvalue weighted by atomic mass is 10.2. The number of benzene rings is 1. The van der Waals surface area contributed by atoms with Crippen LogP contribution in [-0.4, -0.2) is 13.1 Å². The van der Waals surface area contributed by atoms with E-state index in [-0.39, 0.29) is 12.4 Å². The Hall–Kier alpha value is -1.81. The lowest BCUT2D eigenvalue weighted by Gasteiger charge is -2.02. The summed E-state index contributed by atoms with van der Waals surface area (Å²) in [5, 5.41) is 3.40. The zero-order valence-electron chi connectivity index (χ0n) is 8.66. The molecule has 0 spiro atoms. The Morgan fingerprint density at radius 2 is 2.06 bits per heavy atom. The number of carbonyl (C=O) groups excluding carboxylic acids is 1. The van der Waals surface area contributed by atoms with Crippen LogP contribution in [-0.2, 0) is 0 Å². The van der Waals surface area contributed by atoms with E-state index < -0.39 is 6.09 Å². The largest absolute Gasteiger partial charge is 1.00 e. The summed E-state index contributed by atoms with van der Waals surface area (Å²) in [6, 6.07) is 9.37. The molecule has 0 radical (unpaired) electrons. The summed E-state index contributed by atoms with van der Waals surface area (Å²) >= 11 is 0. The van der Waals surface area contributed by atoms with Crippen LogP contribution < -0.4 is 27.4 Å². The predicted molar refractivity (Wildman–Crippen MR) is 55.6 cm³/mol. The van der Waals surface area contributed by atoms with Gasteiger partial charge in [0.05, 0.1) is 5.39 Å². The molecule has 0 saturated heterocycles. The van der Waals surface area contributed by atoms with Crippen LogP contribution in [0.2, 0.25) is 0 Å². The highest BCUT2D eigenvalue weighted by Crippen LogP contribution is 2.20. The number of amides is 1. The van der Waals surface area contributed by atoms with Crippen LogP contribution >= 0.6 is 0 Å². The third-order valence-electron chi connectivity index (χ3n) is 2.06. The van der Waals surface area contributed by atoms with Gasteiger partial charge >= 0.3 is 6.09 Å². The van der Waals surface area contributed by atoms with E-state index in [0.717, 1.165) is 10.9 Å². The van der Waals surface area contributed by atoms with Gasteiger partial charge in [-0.05, 0) is 18.2 Å². The fourth-order valence-electron chi connectivity index (χ4n) is 1.36. The molecule has 0 bridgehead atoms. The molecule has 4 nitrogen and oxygen atoms in total. The van der Waals surface area contributed by atoms with Crippen molar-refractivity contribution >= 4 is 17.0 Å². The molecule has 84 valence electrons. The molecule has 2 rings (SSSR count). The highest BCUT2D eigenvalue weighted by Gasteiger charge is 2.10. The van der Waals surface area contributed by atoms with Gasteiger partial charge in [-0.15, -0.1) is 0 Å². The Morgan fingerprint density at radius 1 is 1.31 bits per heavy atom. The molecule has 0 aliphatic heterocycles. The highest BCUT2D eigenvalue weighted by molar-refractivity contribution is 5.84. The average Bonchev–Trinajstić information content (AvgIpc) is 2.29. The fraction of sp³-hybridized carbons (Fsp3) is 0.0909. The van der Waals surface area contributed by atoms with Crippen molar-refractivity contribution in [1.82, 2.24) is 5.32 Å². The minimum atomic E-state index is -0.472. The molecule has 1 aromatic heterocycles. The third kappa shape index (κ3) is 2.41. The summed E-state index contributed by atoms with van der Waals surface area (Å²) in [4.78, 5) is 14.1. The first-order valence-electron chi connectivity index (χ1n) is 4.60. The fourth-order valence-corrected chi connectivity index (χ4v) is 1.36. The van der Waals surface area contributed by atoms with Crippen LogP contribution in [0.4, 0.5) is 4.79 Å². The van der Waals surface area contributed by atoms with Crippen LogP contribution in [0.25, 0.3) is 10.9 Å². The maximum atomic E-state index is 11.1. The van der Waals surface area contributed by atoms with Crippen molar-refractivity contribution in [2.24, 2.45) is 0 Å². The molecule has 0 aliphatic rings. The molecule has 2 aromatic rings. The Bertz CT molecular complexity index is 497. The smallest absolute Gasteiger partial charge is 0.412 e. The van der Waals surface area contributed by atoms with E-state index in [0.29, 0.717) is 5.75 Å². The molecule has 0 saturated carbocycles. The molecule has 0 fully saturated rings. The second-order valence-corrected chi connectivity index (χ2v) is 3.03. The molecular weight excluding hydrogens is 228 g/mol. The third-order valence-corrected chi connectivity index (χ3v) is 2.06. The Labute approximate surface area is 99.0 Å². The second-order valence-electron chi connectivity index (χ2n) is 3.03. The van der Waals surface area contributed by atoms with Gasteiger partial charge in [-0.1, -0.05) is 6.07 Å². The number of aromatic amines is 1. The van der Waals surface area contributed by atoms with Crippen molar-refractivity contribution in [1.29, 1.82) is 0 Å². The molecule has 1 amide bonds. The van der Waals surface area contributed by atoms with E-state index in [1.54, 1.807) is 12.3 Å². The van der Waals surface area contributed by atoms with Crippen molar-refractivity contribution in [3.63, 3.8) is 0 Å². The number of halogens is 1. The summed E-state index contributed by atoms with van der Waals surface area (Å²) < 4.78 is 5.10. The lowest BCUT2D eigenvalue weighted by Crippen LogP contribution is -3.00. The molecule has 1 heterocycles. The molecule has 16 heavy (non-hydrogen) atoms. The van der Waals surface area contributed by atoms with Crippen LogP contribution in [0.15, 0.2) is 36.5 Å². The van der Waals surface area contributed by atoms with Crippen LogP contribution in [0, 0.1) is 0 Å². The topological polar surface area (TPSA) is 52.5 Å². The van der Waals surface area contributed by atoms with Gasteiger partial charge in [0.25, 0.3) is 5.52 Å². The van der Waals surface area contributed by atoms with E-state index in [1.807, 2.05) is 24.3 Å². The summed E-state index contributed by atoms with van der Waals surface area (Å²) in [5.74, 6) is 0.521. The minimum Gasteiger partial charge on any atom is -1.00 e. The number of para-hydroxylation sites is 1. The van der Waals surface area contributed by atoms with Gasteiger partial charge in [-0.3, -0.25) is 0 Å². The van der Waals surface area contributed by atoms with Crippen LogP contribution in [0.5, 0.6) is 5.75 Å². The highest BCUT2D eigenvalue weighted by atomic mass is 35.5. The average molecular weight is 239 g/mol. The molecule has 2 N–H and O–H groups in total. The zero-order valence-corrected chi connectivity index (χ0v) is 9.41. The van der Waals surface area contributed by atoms with Crippen molar-refractivity contribution in [2.45, 2.75) is 0 Å². The van der Waals surface area contributed by atoms with Crippen molar-refractivity contribution < 1.29 is 26.9 Å². The first-order valence-corrected chi connectivity index (χ1v) is 4.60. The number of ether oxygens (including phenoxy) is 1. The van der Waals surface area contributed by atoms with Crippen molar-refractivity contribution in [3.8, 4) is 5.75 Å². The number of nitrogens with one attached hydrogen (secondary N) is 2. The van der Waals surface area contributed by atoms with E-state index in [1.165, 1.54) is 7.05 Å². The maximum absolute atomic E-state index is 11.1. The molecule has 1 aromatic carbocycles. The van der Waals surface area contributed by atoms with E-state index in [9.17, 15) is 4.79 Å². The molecule has 5 heteroatoms. The number of fused-ring (bicyclic) bond motifs is 1. The van der Waals surface area contributed by atoms with E-state index in [4.69, 9.17) is 4.74 Å². The second kappa shape index (κ2) is 5.32. The van der Waals surface area contributed by atoms with Gasteiger partial charge < -0.3 is 22.5 Å². The van der Waals surface area contributed by atoms with Gasteiger partial charge in [-0.25, -0.2) is 9.78 Å². The van der Waals surface area contributed by atoms with Crippen LogP contribution in [0.1, 0.15) is 0 Å². The maximum Gasteiger partial charge on any atom is 0.412 e. The molecule has 0 atom stereocenters. The Morgan fingerprint density at radius 3 is 2.81 bits per heavy atom. The number of rotatable bonds is 1. The molecular formula is C11H11ClN2O2. The van der Waals surface area contributed by atoms with E-state index in [2.05, 4.69) is 10.3 Å². The van der Waals surface area contributed by atoms with Gasteiger partial charge in [0.2, 0.25) is 5.75 Å². The summed E-state index contributed by atoms with van der Waals surface area (Å²) in [5.41, 5.74) is 0.809. The van der Waals surface area contributed by atoms with E-state index >= 15 is 0 Å². The normalized spacial score (nSPS) is 9.31. The summed E-state index contributed by atoms with van der Waals surface area (Å²) in [7, 11) is 1.52. The first kappa shape index (κ1) is 12.3. The minimum absolute atomic E-state index is 0. The predicted octanol–water partition coefficient (Wildman–Crippen LogP) is -1.62. The van der Waals surface area contributed by atoms with Gasteiger partial charge in [-0.2, -0.15) is 0 Å². The Balaban J connectivity index is 0.00000128. The van der Waals surface area contributed by atoms with Crippen molar-refractivity contribution in [2.75, 3.05) is 7.05 Å². The van der Waals surface area contributed by atoms with Crippen LogP contribution in [0.3, 0.4) is 0 Å². The number of carbonyl (C=O) groups is 1. The summed E-state index contributed by atoms with van der Waals surface area (Å²) in [6.07, 6.45) is 1.32. The number of aromatic nitrogens is 1. The summed E-state index contributed by atoms with van der Waals surface area (Å²) in [6.45, 7) is 0.